The summed E-state index contributed by atoms with van der Waals surface area (Å²) in [6, 6.07) is 3.47. The molecule has 5 nitrogen and oxygen atoms in total. The lowest BCUT2D eigenvalue weighted by Crippen LogP contribution is -2.33. The van der Waals surface area contributed by atoms with Gasteiger partial charge in [-0.15, -0.1) is 0 Å². The van der Waals surface area contributed by atoms with E-state index in [1.54, 1.807) is 0 Å². The molecule has 0 spiro atoms. The highest BCUT2D eigenvalue weighted by molar-refractivity contribution is 7.89. The van der Waals surface area contributed by atoms with Crippen molar-refractivity contribution < 1.29 is 17.9 Å². The highest BCUT2D eigenvalue weighted by Gasteiger charge is 2.22. The van der Waals surface area contributed by atoms with Crippen LogP contribution in [0.5, 0.6) is 0 Å². The van der Waals surface area contributed by atoms with Crippen LogP contribution in [0.1, 0.15) is 12.5 Å². The average Bonchev–Trinajstić information content (AvgIpc) is 2.28. The minimum Gasteiger partial charge on any atom is -0.392 e. The quantitative estimate of drug-likeness (QED) is 0.809. The van der Waals surface area contributed by atoms with E-state index in [0.29, 0.717) is 0 Å². The summed E-state index contributed by atoms with van der Waals surface area (Å²) in [5.41, 5.74) is 5.47. The van der Waals surface area contributed by atoms with E-state index >= 15 is 0 Å². The van der Waals surface area contributed by atoms with Gasteiger partial charge in [-0.25, -0.2) is 12.8 Å². The first-order chi connectivity index (χ1) is 8.28. The third kappa shape index (κ3) is 3.26. The fourth-order valence-corrected chi connectivity index (χ4v) is 2.82. The van der Waals surface area contributed by atoms with Crippen LogP contribution in [-0.2, 0) is 16.6 Å². The number of nitrogens with two attached hydrogens (primary N) is 1. The maximum atomic E-state index is 13.2. The molecular formula is C11H17FN2O3S. The van der Waals surface area contributed by atoms with Crippen LogP contribution in [0.3, 0.4) is 0 Å². The van der Waals surface area contributed by atoms with Crippen LogP contribution in [0.2, 0.25) is 0 Å². The van der Waals surface area contributed by atoms with Gasteiger partial charge in [-0.3, -0.25) is 0 Å². The van der Waals surface area contributed by atoms with Crippen molar-refractivity contribution in [1.82, 2.24) is 4.31 Å². The summed E-state index contributed by atoms with van der Waals surface area (Å²) in [5.74, 6) is -0.533. The van der Waals surface area contributed by atoms with E-state index in [9.17, 15) is 17.9 Å². The average molecular weight is 276 g/mol. The van der Waals surface area contributed by atoms with Crippen molar-refractivity contribution in [1.29, 1.82) is 0 Å². The zero-order chi connectivity index (χ0) is 13.9. The SMILES string of the molecule is CC(O)CN(C)S(=O)(=O)c1ccc(F)c(CN)c1. The van der Waals surface area contributed by atoms with Gasteiger partial charge in [-0.2, -0.15) is 4.31 Å². The van der Waals surface area contributed by atoms with Gasteiger partial charge in [0.05, 0.1) is 11.0 Å². The van der Waals surface area contributed by atoms with E-state index in [1.165, 1.54) is 26.1 Å². The standard InChI is InChI=1S/C11H17FN2O3S/c1-8(15)7-14(2)18(16,17)10-3-4-11(12)9(5-10)6-13/h3-5,8,15H,6-7,13H2,1-2H3. The Labute approximate surface area is 106 Å². The molecule has 0 aromatic heterocycles. The van der Waals surface area contributed by atoms with E-state index in [0.717, 1.165) is 10.4 Å². The summed E-state index contributed by atoms with van der Waals surface area (Å²) in [6.45, 7) is 1.38. The van der Waals surface area contributed by atoms with Crippen LogP contribution in [0, 0.1) is 5.82 Å². The summed E-state index contributed by atoms with van der Waals surface area (Å²) in [7, 11) is -2.38. The zero-order valence-corrected chi connectivity index (χ0v) is 11.1. The Bertz CT molecular complexity index is 517. The molecule has 0 aliphatic carbocycles. The molecule has 0 saturated carbocycles. The number of benzene rings is 1. The Kier molecular flexibility index (Phi) is 4.80. The number of hydrogen-bond donors (Lipinski definition) is 2. The number of rotatable bonds is 5. The van der Waals surface area contributed by atoms with Gasteiger partial charge in [0.2, 0.25) is 10.0 Å². The summed E-state index contributed by atoms with van der Waals surface area (Å²) in [5, 5.41) is 9.19. The number of halogens is 1. The molecule has 1 rings (SSSR count). The third-order valence-corrected chi connectivity index (χ3v) is 4.29. The maximum absolute atomic E-state index is 13.2. The van der Waals surface area contributed by atoms with Crippen molar-refractivity contribution in [3.8, 4) is 0 Å². The number of aliphatic hydroxyl groups excluding tert-OH is 1. The second-order valence-electron chi connectivity index (χ2n) is 4.09. The fourth-order valence-electron chi connectivity index (χ4n) is 1.52. The lowest BCUT2D eigenvalue weighted by atomic mass is 10.2. The van der Waals surface area contributed by atoms with E-state index in [4.69, 9.17) is 5.73 Å². The van der Waals surface area contributed by atoms with E-state index in [1.807, 2.05) is 0 Å². The molecule has 1 aromatic rings. The van der Waals surface area contributed by atoms with Gasteiger partial charge in [0, 0.05) is 25.7 Å². The number of aliphatic hydroxyl groups is 1. The topological polar surface area (TPSA) is 83.6 Å². The van der Waals surface area contributed by atoms with Crippen LogP contribution >= 0.6 is 0 Å². The summed E-state index contributed by atoms with van der Waals surface area (Å²) >= 11 is 0. The van der Waals surface area contributed by atoms with Crippen LogP contribution in [-0.4, -0.2) is 37.5 Å². The molecule has 0 radical (unpaired) electrons. The van der Waals surface area contributed by atoms with Gasteiger partial charge < -0.3 is 10.8 Å². The van der Waals surface area contributed by atoms with Crippen molar-refractivity contribution in [2.45, 2.75) is 24.5 Å². The molecule has 7 heteroatoms. The highest BCUT2D eigenvalue weighted by atomic mass is 32.2. The molecule has 0 heterocycles. The number of hydrogen-bond acceptors (Lipinski definition) is 4. The third-order valence-electron chi connectivity index (χ3n) is 2.47. The molecule has 0 saturated heterocycles. The molecule has 1 aromatic carbocycles. The zero-order valence-electron chi connectivity index (χ0n) is 10.3. The molecule has 0 bridgehead atoms. The van der Waals surface area contributed by atoms with Gasteiger partial charge in [0.1, 0.15) is 5.82 Å². The van der Waals surface area contributed by atoms with E-state index in [-0.39, 0.29) is 23.5 Å². The Hall–Kier alpha value is -1.02. The van der Waals surface area contributed by atoms with Crippen molar-refractivity contribution >= 4 is 10.0 Å². The van der Waals surface area contributed by atoms with Gasteiger partial charge >= 0.3 is 0 Å². The van der Waals surface area contributed by atoms with Gasteiger partial charge in [-0.05, 0) is 25.1 Å². The minimum atomic E-state index is -3.73. The lowest BCUT2D eigenvalue weighted by molar-refractivity contribution is 0.171. The summed E-state index contributed by atoms with van der Waals surface area (Å²) in [4.78, 5) is -0.0347. The second-order valence-corrected chi connectivity index (χ2v) is 6.14. The highest BCUT2D eigenvalue weighted by Crippen LogP contribution is 2.18. The molecule has 18 heavy (non-hydrogen) atoms. The first-order valence-corrected chi connectivity index (χ1v) is 6.86. The van der Waals surface area contributed by atoms with Crippen LogP contribution in [0.15, 0.2) is 23.1 Å². The van der Waals surface area contributed by atoms with Crippen molar-refractivity contribution in [3.63, 3.8) is 0 Å². The monoisotopic (exact) mass is 276 g/mol. The minimum absolute atomic E-state index is 0.0301. The predicted molar refractivity (Wildman–Crippen MR) is 65.8 cm³/mol. The number of sulfonamides is 1. The first kappa shape index (κ1) is 15.0. The van der Waals surface area contributed by atoms with E-state index < -0.39 is 21.9 Å². The summed E-state index contributed by atoms with van der Waals surface area (Å²) in [6.07, 6.45) is -0.779. The van der Waals surface area contributed by atoms with Crippen molar-refractivity contribution in [2.24, 2.45) is 5.73 Å². The molecule has 0 amide bonds. The van der Waals surface area contributed by atoms with Gasteiger partial charge in [-0.1, -0.05) is 0 Å². The Morgan fingerprint density at radius 1 is 1.50 bits per heavy atom. The van der Waals surface area contributed by atoms with Crippen LogP contribution < -0.4 is 5.73 Å². The smallest absolute Gasteiger partial charge is 0.242 e. The molecule has 0 aliphatic heterocycles. The molecule has 102 valence electrons. The number of likely N-dealkylation sites (N-methyl/N-ethyl adjacent to an activating group) is 1. The second kappa shape index (κ2) is 5.75. The molecule has 1 atom stereocenters. The van der Waals surface area contributed by atoms with Crippen LogP contribution in [0.25, 0.3) is 0 Å². The number of nitrogens with zero attached hydrogens (tertiary/aromatic N) is 1. The Morgan fingerprint density at radius 2 is 2.11 bits per heavy atom. The normalized spacial score (nSPS) is 13.9. The molecule has 1 unspecified atom stereocenters. The van der Waals surface area contributed by atoms with E-state index in [2.05, 4.69) is 0 Å². The molecular weight excluding hydrogens is 259 g/mol. The van der Waals surface area contributed by atoms with Crippen LogP contribution in [0.4, 0.5) is 4.39 Å². The first-order valence-electron chi connectivity index (χ1n) is 5.42. The Morgan fingerprint density at radius 3 is 2.61 bits per heavy atom. The predicted octanol–water partition coefficient (Wildman–Crippen LogP) is 0.286. The molecule has 3 N–H and O–H groups in total. The maximum Gasteiger partial charge on any atom is 0.242 e. The van der Waals surface area contributed by atoms with Gasteiger partial charge in [0.25, 0.3) is 0 Å². The molecule has 0 fully saturated rings. The van der Waals surface area contributed by atoms with Crippen molar-refractivity contribution in [2.75, 3.05) is 13.6 Å². The lowest BCUT2D eigenvalue weighted by Gasteiger charge is -2.19. The molecule has 0 aliphatic rings. The van der Waals surface area contributed by atoms with Crippen molar-refractivity contribution in [3.05, 3.63) is 29.6 Å². The summed E-state index contributed by atoms with van der Waals surface area (Å²) < 4.78 is 38.5. The Balaban J connectivity index is 3.12. The van der Waals surface area contributed by atoms with Gasteiger partial charge in [0.15, 0.2) is 0 Å². The largest absolute Gasteiger partial charge is 0.392 e. The fraction of sp³-hybridized carbons (Fsp3) is 0.455.